The SMILES string of the molecule is CC(O)C(C)(C)NCc1cccc(C(=O)O)c1. The van der Waals surface area contributed by atoms with Gasteiger partial charge in [0, 0.05) is 12.1 Å². The molecule has 0 aliphatic rings. The normalized spacial score (nSPS) is 13.4. The summed E-state index contributed by atoms with van der Waals surface area (Å²) < 4.78 is 0. The first-order valence-electron chi connectivity index (χ1n) is 5.58. The van der Waals surface area contributed by atoms with E-state index in [0.717, 1.165) is 5.56 Å². The molecule has 1 atom stereocenters. The van der Waals surface area contributed by atoms with Gasteiger partial charge in [-0.15, -0.1) is 0 Å². The molecule has 0 spiro atoms. The molecule has 0 heterocycles. The average molecular weight is 237 g/mol. The number of hydrogen-bond donors (Lipinski definition) is 3. The fourth-order valence-corrected chi connectivity index (χ4v) is 1.29. The third-order valence-electron chi connectivity index (χ3n) is 2.97. The molecule has 0 saturated heterocycles. The number of rotatable bonds is 5. The standard InChI is InChI=1S/C13H19NO3/c1-9(15)13(2,3)14-8-10-5-4-6-11(7-10)12(16)17/h4-7,9,14-15H,8H2,1-3H3,(H,16,17). The van der Waals surface area contributed by atoms with Crippen LogP contribution in [0.25, 0.3) is 0 Å². The third kappa shape index (κ3) is 3.84. The highest BCUT2D eigenvalue weighted by Gasteiger charge is 2.22. The van der Waals surface area contributed by atoms with E-state index in [9.17, 15) is 9.90 Å². The van der Waals surface area contributed by atoms with Gasteiger partial charge in [0.2, 0.25) is 0 Å². The molecule has 0 aliphatic carbocycles. The van der Waals surface area contributed by atoms with Crippen molar-refractivity contribution in [1.82, 2.24) is 5.32 Å². The fraction of sp³-hybridized carbons (Fsp3) is 0.462. The van der Waals surface area contributed by atoms with E-state index < -0.39 is 17.6 Å². The van der Waals surface area contributed by atoms with Crippen LogP contribution in [0.5, 0.6) is 0 Å². The molecule has 1 aromatic carbocycles. The summed E-state index contributed by atoms with van der Waals surface area (Å²) in [6, 6.07) is 6.77. The lowest BCUT2D eigenvalue weighted by Gasteiger charge is -2.29. The lowest BCUT2D eigenvalue weighted by atomic mass is 9.98. The quantitative estimate of drug-likeness (QED) is 0.728. The summed E-state index contributed by atoms with van der Waals surface area (Å²) >= 11 is 0. The molecule has 0 saturated carbocycles. The Kier molecular flexibility index (Phi) is 4.26. The molecule has 0 amide bonds. The van der Waals surface area contributed by atoms with Gasteiger partial charge in [0.25, 0.3) is 0 Å². The molecular formula is C13H19NO3. The molecule has 3 N–H and O–H groups in total. The predicted octanol–water partition coefficient (Wildman–Crippen LogP) is 1.63. The molecule has 1 aromatic rings. The highest BCUT2D eigenvalue weighted by molar-refractivity contribution is 5.87. The van der Waals surface area contributed by atoms with E-state index in [1.54, 1.807) is 25.1 Å². The topological polar surface area (TPSA) is 69.6 Å². The highest BCUT2D eigenvalue weighted by Crippen LogP contribution is 2.11. The Morgan fingerprint density at radius 2 is 2.12 bits per heavy atom. The second kappa shape index (κ2) is 5.29. The van der Waals surface area contributed by atoms with Crippen molar-refractivity contribution in [3.05, 3.63) is 35.4 Å². The molecular weight excluding hydrogens is 218 g/mol. The molecule has 0 aromatic heterocycles. The lowest BCUT2D eigenvalue weighted by Crippen LogP contribution is -2.47. The van der Waals surface area contributed by atoms with Crippen LogP contribution < -0.4 is 5.32 Å². The van der Waals surface area contributed by atoms with E-state index in [2.05, 4.69) is 5.32 Å². The van der Waals surface area contributed by atoms with Crippen molar-refractivity contribution in [2.75, 3.05) is 0 Å². The Morgan fingerprint density at radius 3 is 2.65 bits per heavy atom. The largest absolute Gasteiger partial charge is 0.478 e. The smallest absolute Gasteiger partial charge is 0.335 e. The van der Waals surface area contributed by atoms with E-state index in [1.807, 2.05) is 19.9 Å². The van der Waals surface area contributed by atoms with E-state index in [-0.39, 0.29) is 5.56 Å². The minimum atomic E-state index is -0.929. The van der Waals surface area contributed by atoms with Gasteiger partial charge in [-0.2, -0.15) is 0 Å². The second-order valence-electron chi connectivity index (χ2n) is 4.76. The van der Waals surface area contributed by atoms with Crippen molar-refractivity contribution in [2.45, 2.75) is 39.0 Å². The minimum Gasteiger partial charge on any atom is -0.478 e. The zero-order chi connectivity index (χ0) is 13.1. The maximum atomic E-state index is 10.8. The Labute approximate surface area is 101 Å². The number of aliphatic hydroxyl groups is 1. The summed E-state index contributed by atoms with van der Waals surface area (Å²) in [6.45, 7) is 6.05. The van der Waals surface area contributed by atoms with Crippen molar-refractivity contribution in [1.29, 1.82) is 0 Å². The summed E-state index contributed by atoms with van der Waals surface area (Å²) in [4.78, 5) is 10.8. The van der Waals surface area contributed by atoms with Gasteiger partial charge in [0.05, 0.1) is 11.7 Å². The molecule has 94 valence electrons. The number of nitrogens with one attached hydrogen (secondary N) is 1. The predicted molar refractivity (Wildman–Crippen MR) is 66.0 cm³/mol. The third-order valence-corrected chi connectivity index (χ3v) is 2.97. The number of carboxylic acids is 1. The van der Waals surface area contributed by atoms with Crippen LogP contribution in [-0.4, -0.2) is 27.8 Å². The molecule has 0 bridgehead atoms. The van der Waals surface area contributed by atoms with Crippen LogP contribution in [0, 0.1) is 0 Å². The summed E-state index contributed by atoms with van der Waals surface area (Å²) in [5.41, 5.74) is 0.761. The molecule has 1 unspecified atom stereocenters. The average Bonchev–Trinajstić information content (AvgIpc) is 2.26. The maximum absolute atomic E-state index is 10.8. The molecule has 0 radical (unpaired) electrons. The fourth-order valence-electron chi connectivity index (χ4n) is 1.29. The number of benzene rings is 1. The molecule has 4 heteroatoms. The van der Waals surface area contributed by atoms with E-state index in [4.69, 9.17) is 5.11 Å². The van der Waals surface area contributed by atoms with Crippen LogP contribution >= 0.6 is 0 Å². The van der Waals surface area contributed by atoms with Crippen molar-refractivity contribution in [2.24, 2.45) is 0 Å². The van der Waals surface area contributed by atoms with Gasteiger partial charge in [-0.05, 0) is 38.5 Å². The summed E-state index contributed by atoms with van der Waals surface area (Å²) in [6.07, 6.45) is -0.481. The van der Waals surface area contributed by atoms with Crippen molar-refractivity contribution in [3.8, 4) is 0 Å². The van der Waals surface area contributed by atoms with Crippen LogP contribution in [0.2, 0.25) is 0 Å². The van der Waals surface area contributed by atoms with Crippen LogP contribution in [0.4, 0.5) is 0 Å². The summed E-state index contributed by atoms with van der Waals surface area (Å²) in [5.74, 6) is -0.929. The van der Waals surface area contributed by atoms with Gasteiger partial charge < -0.3 is 15.5 Å². The van der Waals surface area contributed by atoms with Gasteiger partial charge in [-0.25, -0.2) is 4.79 Å². The van der Waals surface area contributed by atoms with Gasteiger partial charge in [-0.1, -0.05) is 12.1 Å². The Morgan fingerprint density at radius 1 is 1.47 bits per heavy atom. The first kappa shape index (κ1) is 13.7. The van der Waals surface area contributed by atoms with Crippen LogP contribution in [0.1, 0.15) is 36.7 Å². The Balaban J connectivity index is 2.70. The summed E-state index contributed by atoms with van der Waals surface area (Å²) in [5, 5.41) is 21.6. The van der Waals surface area contributed by atoms with Crippen LogP contribution in [-0.2, 0) is 6.54 Å². The maximum Gasteiger partial charge on any atom is 0.335 e. The van der Waals surface area contributed by atoms with Crippen LogP contribution in [0.15, 0.2) is 24.3 Å². The minimum absolute atomic E-state index is 0.277. The van der Waals surface area contributed by atoms with Gasteiger partial charge in [-0.3, -0.25) is 0 Å². The highest BCUT2D eigenvalue weighted by atomic mass is 16.4. The van der Waals surface area contributed by atoms with Gasteiger partial charge >= 0.3 is 5.97 Å². The van der Waals surface area contributed by atoms with Crippen molar-refractivity contribution >= 4 is 5.97 Å². The molecule has 1 rings (SSSR count). The number of aromatic carboxylic acids is 1. The molecule has 4 nitrogen and oxygen atoms in total. The lowest BCUT2D eigenvalue weighted by molar-refractivity contribution is 0.0696. The number of aliphatic hydroxyl groups excluding tert-OH is 1. The molecule has 0 aliphatic heterocycles. The summed E-state index contributed by atoms with van der Waals surface area (Å²) in [7, 11) is 0. The number of carbonyl (C=O) groups is 1. The van der Waals surface area contributed by atoms with Gasteiger partial charge in [0.15, 0.2) is 0 Å². The first-order chi connectivity index (χ1) is 7.83. The Bertz CT molecular complexity index is 399. The van der Waals surface area contributed by atoms with Crippen LogP contribution in [0.3, 0.4) is 0 Å². The van der Waals surface area contributed by atoms with Crippen molar-refractivity contribution < 1.29 is 15.0 Å². The molecule has 17 heavy (non-hydrogen) atoms. The zero-order valence-electron chi connectivity index (χ0n) is 10.4. The second-order valence-corrected chi connectivity index (χ2v) is 4.76. The molecule has 0 fully saturated rings. The van der Waals surface area contributed by atoms with E-state index in [1.165, 1.54) is 0 Å². The first-order valence-corrected chi connectivity index (χ1v) is 5.58. The van der Waals surface area contributed by atoms with E-state index >= 15 is 0 Å². The zero-order valence-corrected chi connectivity index (χ0v) is 10.4. The number of carboxylic acid groups (broad SMARTS) is 1. The van der Waals surface area contributed by atoms with Crippen molar-refractivity contribution in [3.63, 3.8) is 0 Å². The number of hydrogen-bond acceptors (Lipinski definition) is 3. The Hall–Kier alpha value is -1.39. The van der Waals surface area contributed by atoms with Gasteiger partial charge in [0.1, 0.15) is 0 Å². The van der Waals surface area contributed by atoms with E-state index in [0.29, 0.717) is 6.54 Å². The monoisotopic (exact) mass is 237 g/mol.